The van der Waals surface area contributed by atoms with Gasteiger partial charge < -0.3 is 20.9 Å². The van der Waals surface area contributed by atoms with Crippen molar-refractivity contribution in [3.63, 3.8) is 0 Å². The number of nitrogens with zero attached hydrogens (tertiary/aromatic N) is 1. The number of carbonyl (C=O) groups is 2. The minimum Gasteiger partial charge on any atom is -0.371 e. The van der Waals surface area contributed by atoms with Crippen LogP contribution in [0.15, 0.2) is 24.3 Å². The summed E-state index contributed by atoms with van der Waals surface area (Å²) in [5, 5.41) is 9.32. The molecule has 1 aromatic carbocycles. The maximum absolute atomic E-state index is 12.9. The first-order chi connectivity index (χ1) is 13.7. The van der Waals surface area contributed by atoms with E-state index in [2.05, 4.69) is 33.8 Å². The summed E-state index contributed by atoms with van der Waals surface area (Å²) in [5.41, 5.74) is 1.94. The van der Waals surface area contributed by atoms with E-state index in [1.165, 1.54) is 12.8 Å². The Balaban J connectivity index is 1.58. The second kappa shape index (κ2) is 10.5. The molecule has 2 amide bonds. The summed E-state index contributed by atoms with van der Waals surface area (Å²) in [6, 6.07) is 7.78. The highest BCUT2D eigenvalue weighted by Crippen LogP contribution is 2.23. The average molecular weight is 387 g/mol. The Bertz CT molecular complexity index is 652. The summed E-state index contributed by atoms with van der Waals surface area (Å²) in [7, 11) is 0. The number of carbonyl (C=O) groups excluding carboxylic acids is 2. The monoisotopic (exact) mass is 386 g/mol. The lowest BCUT2D eigenvalue weighted by Crippen LogP contribution is -2.45. The summed E-state index contributed by atoms with van der Waals surface area (Å²) in [5.74, 6) is -0.166. The second-order valence-electron chi connectivity index (χ2n) is 7.99. The molecule has 1 aromatic rings. The maximum atomic E-state index is 12.9. The first-order valence-electron chi connectivity index (χ1n) is 10.8. The molecule has 2 saturated heterocycles. The lowest BCUT2D eigenvalue weighted by Gasteiger charge is -2.21. The highest BCUT2D eigenvalue weighted by molar-refractivity contribution is 5.97. The minimum atomic E-state index is -0.482. The van der Waals surface area contributed by atoms with Crippen molar-refractivity contribution in [2.45, 2.75) is 70.4 Å². The molecule has 0 radical (unpaired) electrons. The van der Waals surface area contributed by atoms with Crippen LogP contribution in [0.4, 0.5) is 11.4 Å². The number of benzene rings is 1. The molecule has 2 fully saturated rings. The van der Waals surface area contributed by atoms with Crippen molar-refractivity contribution in [1.29, 1.82) is 0 Å². The van der Waals surface area contributed by atoms with Crippen LogP contribution >= 0.6 is 0 Å². The van der Waals surface area contributed by atoms with E-state index >= 15 is 0 Å². The molecule has 0 aliphatic carbocycles. The fraction of sp³-hybridized carbons (Fsp3) is 0.636. The van der Waals surface area contributed by atoms with Gasteiger partial charge in [-0.1, -0.05) is 25.8 Å². The summed E-state index contributed by atoms with van der Waals surface area (Å²) in [4.78, 5) is 27.6. The van der Waals surface area contributed by atoms with Crippen LogP contribution in [0.5, 0.6) is 0 Å². The molecule has 154 valence electrons. The molecule has 2 unspecified atom stereocenters. The molecule has 28 heavy (non-hydrogen) atoms. The van der Waals surface area contributed by atoms with Crippen LogP contribution in [0.2, 0.25) is 0 Å². The normalized spacial score (nSPS) is 20.2. The Labute approximate surface area is 168 Å². The zero-order valence-electron chi connectivity index (χ0n) is 17.0. The molecule has 3 rings (SSSR count). The molecule has 0 saturated carbocycles. The molecule has 2 aliphatic heterocycles. The predicted molar refractivity (Wildman–Crippen MR) is 114 cm³/mol. The molecule has 0 aromatic heterocycles. The molecule has 0 spiro atoms. The molecule has 2 heterocycles. The summed E-state index contributed by atoms with van der Waals surface area (Å²) in [6.07, 6.45) is 7.60. The quantitative estimate of drug-likeness (QED) is 0.610. The van der Waals surface area contributed by atoms with Crippen LogP contribution in [-0.2, 0) is 9.59 Å². The van der Waals surface area contributed by atoms with Gasteiger partial charge in [0.2, 0.25) is 11.8 Å². The molecule has 2 atom stereocenters. The van der Waals surface area contributed by atoms with Gasteiger partial charge in [0.1, 0.15) is 6.04 Å². The van der Waals surface area contributed by atoms with Crippen molar-refractivity contribution in [2.24, 2.45) is 0 Å². The van der Waals surface area contributed by atoms with E-state index in [4.69, 9.17) is 0 Å². The molecular weight excluding hydrogens is 352 g/mol. The van der Waals surface area contributed by atoms with Gasteiger partial charge in [0.25, 0.3) is 0 Å². The second-order valence-corrected chi connectivity index (χ2v) is 7.99. The fourth-order valence-corrected chi connectivity index (χ4v) is 4.07. The Morgan fingerprint density at radius 3 is 2.79 bits per heavy atom. The third-order valence-electron chi connectivity index (χ3n) is 5.68. The van der Waals surface area contributed by atoms with Gasteiger partial charge in [-0.25, -0.2) is 0 Å². The number of unbranched alkanes of at least 4 members (excludes halogenated alkanes) is 1. The van der Waals surface area contributed by atoms with E-state index in [0.29, 0.717) is 12.8 Å². The van der Waals surface area contributed by atoms with Gasteiger partial charge in [-0.2, -0.15) is 0 Å². The van der Waals surface area contributed by atoms with Crippen molar-refractivity contribution in [3.8, 4) is 0 Å². The maximum Gasteiger partial charge on any atom is 0.246 e. The first kappa shape index (κ1) is 20.6. The summed E-state index contributed by atoms with van der Waals surface area (Å²) >= 11 is 0. The summed E-state index contributed by atoms with van der Waals surface area (Å²) < 4.78 is 0. The number of hydrogen-bond donors (Lipinski definition) is 3. The van der Waals surface area contributed by atoms with E-state index < -0.39 is 6.04 Å². The number of rotatable bonds is 9. The number of amides is 2. The minimum absolute atomic E-state index is 0.0403. The smallest absolute Gasteiger partial charge is 0.246 e. The average Bonchev–Trinajstić information content (AvgIpc) is 3.39. The highest BCUT2D eigenvalue weighted by Gasteiger charge is 2.24. The Morgan fingerprint density at radius 2 is 2.07 bits per heavy atom. The van der Waals surface area contributed by atoms with Crippen LogP contribution in [-0.4, -0.2) is 43.5 Å². The third-order valence-corrected chi connectivity index (χ3v) is 5.68. The van der Waals surface area contributed by atoms with Crippen LogP contribution < -0.4 is 20.9 Å². The topological polar surface area (TPSA) is 73.5 Å². The molecule has 0 bridgehead atoms. The van der Waals surface area contributed by atoms with Gasteiger partial charge in [0.15, 0.2) is 0 Å². The predicted octanol–water partition coefficient (Wildman–Crippen LogP) is 3.04. The van der Waals surface area contributed by atoms with Gasteiger partial charge in [0.05, 0.1) is 0 Å². The molecule has 2 aliphatic rings. The van der Waals surface area contributed by atoms with Gasteiger partial charge >= 0.3 is 0 Å². The van der Waals surface area contributed by atoms with Crippen molar-refractivity contribution in [1.82, 2.24) is 10.6 Å². The lowest BCUT2D eigenvalue weighted by molar-refractivity contribution is -0.127. The Hall–Kier alpha value is -2.08. The van der Waals surface area contributed by atoms with Crippen molar-refractivity contribution in [2.75, 3.05) is 29.9 Å². The largest absolute Gasteiger partial charge is 0.371 e. The van der Waals surface area contributed by atoms with Crippen molar-refractivity contribution < 1.29 is 9.59 Å². The van der Waals surface area contributed by atoms with E-state index in [9.17, 15) is 9.59 Å². The summed E-state index contributed by atoms with van der Waals surface area (Å²) in [6.45, 7) is 5.22. The van der Waals surface area contributed by atoms with E-state index in [1.54, 1.807) is 0 Å². The molecular formula is C22H34N4O2. The van der Waals surface area contributed by atoms with E-state index in [-0.39, 0.29) is 17.9 Å². The molecule has 6 heteroatoms. The van der Waals surface area contributed by atoms with E-state index in [0.717, 1.165) is 56.7 Å². The number of nitrogens with one attached hydrogen (secondary N) is 3. The number of hydrogen-bond acceptors (Lipinski definition) is 4. The molecule has 3 N–H and O–H groups in total. The van der Waals surface area contributed by atoms with Gasteiger partial charge in [0, 0.05) is 36.9 Å². The van der Waals surface area contributed by atoms with Crippen LogP contribution in [0.1, 0.15) is 58.3 Å². The van der Waals surface area contributed by atoms with Crippen LogP contribution in [0.3, 0.4) is 0 Å². The lowest BCUT2D eigenvalue weighted by atomic mass is 10.1. The van der Waals surface area contributed by atoms with Crippen molar-refractivity contribution >= 4 is 23.2 Å². The SMILES string of the molecule is CCCCC(NC(=O)CC1CCCN1)C(=O)Nc1cccc(N2CCCC2)c1. The van der Waals surface area contributed by atoms with E-state index in [1.807, 2.05) is 18.2 Å². The Kier molecular flexibility index (Phi) is 7.71. The zero-order valence-corrected chi connectivity index (χ0v) is 17.0. The van der Waals surface area contributed by atoms with Gasteiger partial charge in [-0.3, -0.25) is 9.59 Å². The van der Waals surface area contributed by atoms with Crippen LogP contribution in [0.25, 0.3) is 0 Å². The highest BCUT2D eigenvalue weighted by atomic mass is 16.2. The van der Waals surface area contributed by atoms with Crippen LogP contribution in [0, 0.1) is 0 Å². The first-order valence-corrected chi connectivity index (χ1v) is 10.8. The van der Waals surface area contributed by atoms with Gasteiger partial charge in [-0.15, -0.1) is 0 Å². The Morgan fingerprint density at radius 1 is 1.25 bits per heavy atom. The standard InChI is InChI=1S/C22H34N4O2/c1-2-3-11-20(25-21(27)16-17-9-7-12-23-17)22(28)24-18-8-6-10-19(15-18)26-13-4-5-14-26/h6,8,10,15,17,20,23H,2-5,7,9,11-14,16H2,1H3,(H,24,28)(H,25,27). The number of anilines is 2. The third kappa shape index (κ3) is 5.96. The molecule has 6 nitrogen and oxygen atoms in total. The fourth-order valence-electron chi connectivity index (χ4n) is 4.07. The van der Waals surface area contributed by atoms with Gasteiger partial charge in [-0.05, 0) is 56.8 Å². The van der Waals surface area contributed by atoms with Crippen molar-refractivity contribution in [3.05, 3.63) is 24.3 Å². The zero-order chi connectivity index (χ0) is 19.8.